The van der Waals surface area contributed by atoms with Crippen molar-refractivity contribution >= 4 is 5.78 Å². The molecule has 106 valence electrons. The Hall–Kier alpha value is -1.22. The highest BCUT2D eigenvalue weighted by atomic mass is 16.1. The Bertz CT molecular complexity index is 421. The van der Waals surface area contributed by atoms with Crippen LogP contribution in [0.15, 0.2) is 18.5 Å². The number of rotatable bonds is 7. The fraction of sp³-hybridized carbons (Fsp3) is 0.625. The standard InChI is InChI=1S/C16H26N2O/c1-6-16(7-2,18(8-3)9-4)15(19)14-12-17-11-10-13(14)5/h10-12H,6-9H2,1-5H3. The molecule has 1 aromatic rings. The number of carbonyl (C=O) groups is 1. The number of ketones is 1. The highest BCUT2D eigenvalue weighted by Crippen LogP contribution is 2.29. The van der Waals surface area contributed by atoms with Crippen LogP contribution in [0.5, 0.6) is 0 Å². The molecule has 0 amide bonds. The molecule has 0 fully saturated rings. The zero-order valence-electron chi connectivity index (χ0n) is 12.9. The molecule has 1 aromatic heterocycles. The van der Waals surface area contributed by atoms with Crippen molar-refractivity contribution in [2.24, 2.45) is 0 Å². The summed E-state index contributed by atoms with van der Waals surface area (Å²) in [7, 11) is 0. The van der Waals surface area contributed by atoms with Crippen LogP contribution in [-0.4, -0.2) is 34.3 Å². The summed E-state index contributed by atoms with van der Waals surface area (Å²) in [6, 6.07) is 1.91. The zero-order chi connectivity index (χ0) is 14.5. The maximum Gasteiger partial charge on any atom is 0.184 e. The van der Waals surface area contributed by atoms with Crippen LogP contribution < -0.4 is 0 Å². The first kappa shape index (κ1) is 15.8. The summed E-state index contributed by atoms with van der Waals surface area (Å²) in [5, 5.41) is 0. The lowest BCUT2D eigenvalue weighted by molar-refractivity contribution is 0.0534. The first-order valence-corrected chi connectivity index (χ1v) is 7.27. The average Bonchev–Trinajstić information content (AvgIpc) is 2.44. The molecule has 0 aliphatic heterocycles. The van der Waals surface area contributed by atoms with Gasteiger partial charge in [0.2, 0.25) is 0 Å². The van der Waals surface area contributed by atoms with Gasteiger partial charge < -0.3 is 0 Å². The number of Topliss-reactive ketones (excluding diaryl/α,β-unsaturated/α-hetero) is 1. The van der Waals surface area contributed by atoms with Gasteiger partial charge in [0, 0.05) is 18.0 Å². The number of pyridine rings is 1. The molecular formula is C16H26N2O. The van der Waals surface area contributed by atoms with Crippen LogP contribution in [-0.2, 0) is 0 Å². The number of aryl methyl sites for hydroxylation is 1. The van der Waals surface area contributed by atoms with Crippen LogP contribution in [0, 0.1) is 6.92 Å². The Labute approximate surface area is 117 Å². The molecule has 3 heteroatoms. The molecule has 0 aliphatic carbocycles. The van der Waals surface area contributed by atoms with Gasteiger partial charge in [0.15, 0.2) is 5.78 Å². The maximum atomic E-state index is 13.0. The van der Waals surface area contributed by atoms with Crippen molar-refractivity contribution in [1.82, 2.24) is 9.88 Å². The van der Waals surface area contributed by atoms with Gasteiger partial charge in [-0.05, 0) is 44.5 Å². The van der Waals surface area contributed by atoms with Crippen molar-refractivity contribution < 1.29 is 4.79 Å². The maximum absolute atomic E-state index is 13.0. The minimum absolute atomic E-state index is 0.215. The Morgan fingerprint density at radius 3 is 2.21 bits per heavy atom. The van der Waals surface area contributed by atoms with Crippen molar-refractivity contribution in [3.8, 4) is 0 Å². The highest BCUT2D eigenvalue weighted by molar-refractivity contribution is 6.04. The molecule has 0 bridgehead atoms. The van der Waals surface area contributed by atoms with Crippen LogP contribution in [0.25, 0.3) is 0 Å². The molecule has 0 spiro atoms. The summed E-state index contributed by atoms with van der Waals surface area (Å²) in [5.41, 5.74) is 1.38. The van der Waals surface area contributed by atoms with Gasteiger partial charge in [0.25, 0.3) is 0 Å². The third kappa shape index (κ3) is 2.86. The number of aromatic nitrogens is 1. The highest BCUT2D eigenvalue weighted by Gasteiger charge is 2.40. The van der Waals surface area contributed by atoms with Gasteiger partial charge in [-0.2, -0.15) is 0 Å². The van der Waals surface area contributed by atoms with Crippen LogP contribution in [0.4, 0.5) is 0 Å². The van der Waals surface area contributed by atoms with Crippen molar-refractivity contribution in [2.45, 2.75) is 53.0 Å². The smallest absolute Gasteiger partial charge is 0.184 e. The van der Waals surface area contributed by atoms with Crippen LogP contribution in [0.1, 0.15) is 56.5 Å². The lowest BCUT2D eigenvalue weighted by Gasteiger charge is -2.41. The molecule has 1 heterocycles. The summed E-state index contributed by atoms with van der Waals surface area (Å²) < 4.78 is 0. The van der Waals surface area contributed by atoms with E-state index in [9.17, 15) is 4.79 Å². The summed E-state index contributed by atoms with van der Waals surface area (Å²) in [6.45, 7) is 12.2. The number of hydrogen-bond acceptors (Lipinski definition) is 3. The second-order valence-corrected chi connectivity index (χ2v) is 4.93. The molecule has 0 saturated carbocycles. The average molecular weight is 262 g/mol. The lowest BCUT2D eigenvalue weighted by Crippen LogP contribution is -2.54. The number of likely N-dealkylation sites (N-methyl/N-ethyl adjacent to an activating group) is 1. The Morgan fingerprint density at radius 1 is 1.21 bits per heavy atom. The number of carbonyl (C=O) groups excluding carboxylic acids is 1. The first-order chi connectivity index (χ1) is 9.07. The van der Waals surface area contributed by atoms with Crippen LogP contribution >= 0.6 is 0 Å². The monoisotopic (exact) mass is 262 g/mol. The van der Waals surface area contributed by atoms with Crippen molar-refractivity contribution in [1.29, 1.82) is 0 Å². The summed E-state index contributed by atoms with van der Waals surface area (Å²) in [4.78, 5) is 19.4. The topological polar surface area (TPSA) is 33.2 Å². The lowest BCUT2D eigenvalue weighted by atomic mass is 9.82. The molecule has 0 unspecified atom stereocenters. The second kappa shape index (κ2) is 6.80. The third-order valence-corrected chi connectivity index (χ3v) is 4.24. The molecule has 3 nitrogen and oxygen atoms in total. The van der Waals surface area contributed by atoms with E-state index in [2.05, 4.69) is 37.6 Å². The minimum atomic E-state index is -0.392. The molecule has 0 aromatic carbocycles. The van der Waals surface area contributed by atoms with E-state index in [0.717, 1.165) is 37.1 Å². The molecule has 0 saturated heterocycles. The number of nitrogens with zero attached hydrogens (tertiary/aromatic N) is 2. The fourth-order valence-electron chi connectivity index (χ4n) is 2.94. The van der Waals surface area contributed by atoms with Gasteiger partial charge in [-0.1, -0.05) is 27.7 Å². The third-order valence-electron chi connectivity index (χ3n) is 4.24. The van der Waals surface area contributed by atoms with Crippen LogP contribution in [0.2, 0.25) is 0 Å². The Morgan fingerprint density at radius 2 is 1.79 bits per heavy atom. The van der Waals surface area contributed by atoms with E-state index in [4.69, 9.17) is 0 Å². The first-order valence-electron chi connectivity index (χ1n) is 7.27. The minimum Gasteiger partial charge on any atom is -0.292 e. The van der Waals surface area contributed by atoms with Gasteiger partial charge >= 0.3 is 0 Å². The summed E-state index contributed by atoms with van der Waals surface area (Å²) >= 11 is 0. The summed E-state index contributed by atoms with van der Waals surface area (Å²) in [5.74, 6) is 0.215. The number of hydrogen-bond donors (Lipinski definition) is 0. The van der Waals surface area contributed by atoms with Gasteiger partial charge in [0.1, 0.15) is 0 Å². The van der Waals surface area contributed by atoms with E-state index in [1.807, 2.05) is 13.0 Å². The predicted octanol–water partition coefficient (Wildman–Crippen LogP) is 3.47. The Kier molecular flexibility index (Phi) is 5.67. The van der Waals surface area contributed by atoms with Gasteiger partial charge in [0.05, 0.1) is 5.54 Å². The molecule has 1 rings (SSSR count). The second-order valence-electron chi connectivity index (χ2n) is 4.93. The summed E-state index contributed by atoms with van der Waals surface area (Å²) in [6.07, 6.45) is 5.11. The van der Waals surface area contributed by atoms with Crippen molar-refractivity contribution in [3.63, 3.8) is 0 Å². The molecule has 0 N–H and O–H groups in total. The van der Waals surface area contributed by atoms with E-state index in [0.29, 0.717) is 0 Å². The normalized spacial score (nSPS) is 11.9. The predicted molar refractivity (Wildman–Crippen MR) is 79.5 cm³/mol. The van der Waals surface area contributed by atoms with E-state index >= 15 is 0 Å². The van der Waals surface area contributed by atoms with Crippen molar-refractivity contribution in [2.75, 3.05) is 13.1 Å². The van der Waals surface area contributed by atoms with Crippen LogP contribution in [0.3, 0.4) is 0 Å². The zero-order valence-corrected chi connectivity index (χ0v) is 12.9. The van der Waals surface area contributed by atoms with E-state index < -0.39 is 5.54 Å². The van der Waals surface area contributed by atoms with Gasteiger partial charge in [-0.25, -0.2) is 0 Å². The van der Waals surface area contributed by atoms with E-state index in [1.165, 1.54) is 0 Å². The van der Waals surface area contributed by atoms with Gasteiger partial charge in [-0.3, -0.25) is 14.7 Å². The Balaban J connectivity index is 3.26. The van der Waals surface area contributed by atoms with E-state index in [-0.39, 0.29) is 5.78 Å². The quantitative estimate of drug-likeness (QED) is 0.705. The molecule has 0 radical (unpaired) electrons. The van der Waals surface area contributed by atoms with Crippen molar-refractivity contribution in [3.05, 3.63) is 29.6 Å². The molecule has 19 heavy (non-hydrogen) atoms. The SMILES string of the molecule is CCN(CC)C(CC)(CC)C(=O)c1cnccc1C. The largest absolute Gasteiger partial charge is 0.292 e. The van der Waals surface area contributed by atoms with Gasteiger partial charge in [-0.15, -0.1) is 0 Å². The molecular weight excluding hydrogens is 236 g/mol. The van der Waals surface area contributed by atoms with E-state index in [1.54, 1.807) is 12.4 Å². The molecule has 0 aliphatic rings. The fourth-order valence-corrected chi connectivity index (χ4v) is 2.94. The molecule has 0 atom stereocenters.